The van der Waals surface area contributed by atoms with Gasteiger partial charge in [-0.15, -0.1) is 0 Å². The van der Waals surface area contributed by atoms with Crippen LogP contribution < -0.4 is 15.4 Å². The number of Topliss-reactive ketones (excluding diaryl/α,β-unsaturated/α-hetero) is 2. The molecule has 3 aliphatic carbocycles. The molecular weight excluding hydrogens is 556 g/mol. The number of benzene rings is 1. The van der Waals surface area contributed by atoms with Crippen LogP contribution in [0.25, 0.3) is 5.76 Å². The number of hydrogen-bond acceptors (Lipinski definition) is 11. The molecule has 0 saturated heterocycles. The molecule has 220 valence electrons. The topological polar surface area (TPSA) is 211 Å². The first-order valence-electron chi connectivity index (χ1n) is 12.6. The van der Waals surface area contributed by atoms with Gasteiger partial charge in [0.15, 0.2) is 11.4 Å². The zero-order valence-corrected chi connectivity index (χ0v) is 24.0. The van der Waals surface area contributed by atoms with Crippen molar-refractivity contribution in [1.82, 2.24) is 9.62 Å². The second-order valence-electron chi connectivity index (χ2n) is 10.9. The number of nitrogens with one attached hydrogen (secondary N) is 1. The molecule has 3 aliphatic rings. The molecule has 0 spiro atoms. The van der Waals surface area contributed by atoms with Crippen LogP contribution in [0.2, 0.25) is 0 Å². The monoisotopic (exact) mass is 588 g/mol. The Bertz CT molecular complexity index is 1610. The van der Waals surface area contributed by atoms with E-state index in [1.54, 1.807) is 25.1 Å². The Labute approximate surface area is 237 Å². The average molecular weight is 589 g/mol. The van der Waals surface area contributed by atoms with Crippen LogP contribution in [0, 0.1) is 23.7 Å². The summed E-state index contributed by atoms with van der Waals surface area (Å²) in [4.78, 5) is 42.5. The van der Waals surface area contributed by atoms with Crippen LogP contribution >= 0.6 is 0 Å². The van der Waals surface area contributed by atoms with Crippen molar-refractivity contribution in [3.8, 4) is 17.6 Å². The van der Waals surface area contributed by atoms with Gasteiger partial charge in [0.2, 0.25) is 15.8 Å². The van der Waals surface area contributed by atoms with Crippen molar-refractivity contribution in [1.29, 1.82) is 0 Å². The zero-order valence-electron chi connectivity index (χ0n) is 23.1. The third-order valence-corrected chi connectivity index (χ3v) is 8.49. The summed E-state index contributed by atoms with van der Waals surface area (Å²) >= 11 is 0. The number of primary amides is 1. The summed E-state index contributed by atoms with van der Waals surface area (Å²) in [5, 5.41) is 45.3. The minimum Gasteiger partial charge on any atom is -0.508 e. The van der Waals surface area contributed by atoms with Gasteiger partial charge in [0.05, 0.1) is 30.0 Å². The Morgan fingerprint density at radius 3 is 2.37 bits per heavy atom. The number of phenolic OH excluding ortho intramolecular Hbond substituents is 1. The Morgan fingerprint density at radius 2 is 1.83 bits per heavy atom. The molecule has 7 N–H and O–H groups in total. The highest BCUT2D eigenvalue weighted by molar-refractivity contribution is 7.88. The number of sulfonamides is 1. The van der Waals surface area contributed by atoms with Crippen molar-refractivity contribution in [3.05, 3.63) is 39.7 Å². The number of amides is 1. The third-order valence-electron chi connectivity index (χ3n) is 7.82. The second-order valence-corrected chi connectivity index (χ2v) is 12.7. The van der Waals surface area contributed by atoms with E-state index in [9.17, 15) is 43.2 Å². The Balaban J connectivity index is 1.94. The number of carbonyl (C=O) groups excluding carboxylic acids is 3. The molecule has 0 bridgehead atoms. The molecule has 1 fully saturated rings. The van der Waals surface area contributed by atoms with E-state index in [0.29, 0.717) is 11.3 Å². The second kappa shape index (κ2) is 10.2. The molecule has 1 aromatic rings. The number of aliphatic hydroxyl groups excluding tert-OH is 2. The van der Waals surface area contributed by atoms with E-state index in [0.717, 1.165) is 6.26 Å². The van der Waals surface area contributed by atoms with Gasteiger partial charge in [0.25, 0.3) is 5.91 Å². The highest BCUT2D eigenvalue weighted by Gasteiger charge is 2.64. The third kappa shape index (κ3) is 4.74. The van der Waals surface area contributed by atoms with Gasteiger partial charge >= 0.3 is 0 Å². The quantitative estimate of drug-likeness (QED) is 0.180. The molecule has 1 saturated carbocycles. The Hall–Kier alpha value is -3.90. The fourth-order valence-electron chi connectivity index (χ4n) is 6.09. The fourth-order valence-corrected chi connectivity index (χ4v) is 6.43. The summed E-state index contributed by atoms with van der Waals surface area (Å²) in [5.41, 5.74) is 2.43. The number of anilines is 1. The molecule has 4 unspecified atom stereocenters. The zero-order chi connectivity index (χ0) is 30.8. The molecule has 1 amide bonds. The number of phenols is 1. The lowest BCUT2D eigenvalue weighted by Crippen LogP contribution is -2.65. The predicted octanol–water partition coefficient (Wildman–Crippen LogP) is -1.07. The summed E-state index contributed by atoms with van der Waals surface area (Å²) in [6, 6.07) is 0.397. The molecule has 1 aromatic carbocycles. The molecular formula is C27H32N4O9S. The number of nitrogens with zero attached hydrogens (tertiary/aromatic N) is 2. The first kappa shape index (κ1) is 30.1. The van der Waals surface area contributed by atoms with E-state index >= 15 is 0 Å². The molecule has 0 heterocycles. The molecule has 13 nitrogen and oxygen atoms in total. The Morgan fingerprint density at radius 1 is 1.20 bits per heavy atom. The van der Waals surface area contributed by atoms with Crippen LogP contribution in [0.1, 0.15) is 23.1 Å². The van der Waals surface area contributed by atoms with E-state index in [1.807, 2.05) is 0 Å². The van der Waals surface area contributed by atoms with Gasteiger partial charge < -0.3 is 31.1 Å². The predicted molar refractivity (Wildman–Crippen MR) is 148 cm³/mol. The number of hydrogen-bond donors (Lipinski definition) is 6. The summed E-state index contributed by atoms with van der Waals surface area (Å²) in [6.45, 7) is -0.242. The van der Waals surface area contributed by atoms with E-state index in [-0.39, 0.29) is 36.1 Å². The minimum atomic E-state index is -3.50. The molecule has 4 rings (SSSR count). The van der Waals surface area contributed by atoms with E-state index in [4.69, 9.17) is 5.73 Å². The maximum atomic E-state index is 14.0. The van der Waals surface area contributed by atoms with Crippen LogP contribution in [-0.2, 0) is 30.8 Å². The molecule has 14 heteroatoms. The largest absolute Gasteiger partial charge is 0.508 e. The lowest BCUT2D eigenvalue weighted by molar-refractivity contribution is -0.153. The van der Waals surface area contributed by atoms with Crippen molar-refractivity contribution in [2.75, 3.05) is 45.9 Å². The normalized spacial score (nSPS) is 25.8. The van der Waals surface area contributed by atoms with E-state index < -0.39 is 73.8 Å². The van der Waals surface area contributed by atoms with Gasteiger partial charge in [-0.3, -0.25) is 19.3 Å². The van der Waals surface area contributed by atoms with Crippen molar-refractivity contribution >= 4 is 38.9 Å². The van der Waals surface area contributed by atoms with E-state index in [2.05, 4.69) is 16.6 Å². The lowest BCUT2D eigenvalue weighted by Gasteiger charge is -2.50. The highest BCUT2D eigenvalue weighted by atomic mass is 32.2. The molecule has 41 heavy (non-hydrogen) atoms. The maximum Gasteiger partial charge on any atom is 0.255 e. The number of nitrogens with two attached hydrogens (primary N) is 1. The number of aromatic hydroxyl groups is 1. The number of fused-ring (bicyclic) bond motifs is 3. The SMILES string of the molecule is CN(C)c1cc(C#CCNS(C)(=O)=O)c(O)c2c1CC1CC3C(N(C)C)C(=O)C(C(N)=O)=C(O)C3(O)C(=O)C1=C2O. The Kier molecular flexibility index (Phi) is 7.47. The fraction of sp³-hybridized carbons (Fsp3) is 0.444. The van der Waals surface area contributed by atoms with Crippen LogP contribution in [0.4, 0.5) is 5.69 Å². The van der Waals surface area contributed by atoms with Crippen molar-refractivity contribution in [2.24, 2.45) is 17.6 Å². The molecule has 4 atom stereocenters. The number of likely N-dealkylation sites (N-methyl/N-ethyl adjacent to an activating group) is 1. The number of carbonyl (C=O) groups is 3. The highest BCUT2D eigenvalue weighted by Crippen LogP contribution is 2.54. The van der Waals surface area contributed by atoms with Crippen LogP contribution in [-0.4, -0.2) is 104 Å². The van der Waals surface area contributed by atoms with Gasteiger partial charge in [-0.1, -0.05) is 11.8 Å². The molecule has 0 aliphatic heterocycles. The summed E-state index contributed by atoms with van der Waals surface area (Å²) in [6.07, 6.45) is 1.06. The van der Waals surface area contributed by atoms with Gasteiger partial charge in [0, 0.05) is 31.3 Å². The van der Waals surface area contributed by atoms with E-state index in [1.165, 1.54) is 19.0 Å². The van der Waals surface area contributed by atoms with Crippen LogP contribution in [0.3, 0.4) is 0 Å². The first-order valence-corrected chi connectivity index (χ1v) is 14.5. The molecule has 0 radical (unpaired) electrons. The number of ketones is 2. The van der Waals surface area contributed by atoms with Crippen molar-refractivity contribution in [3.63, 3.8) is 0 Å². The van der Waals surface area contributed by atoms with Gasteiger partial charge in [-0.25, -0.2) is 13.1 Å². The van der Waals surface area contributed by atoms with Gasteiger partial charge in [-0.05, 0) is 44.5 Å². The average Bonchev–Trinajstić information content (AvgIpc) is 2.83. The minimum absolute atomic E-state index is 0.0297. The summed E-state index contributed by atoms with van der Waals surface area (Å²) in [7, 11) is 3.02. The summed E-state index contributed by atoms with van der Waals surface area (Å²) in [5.74, 6) is -2.14. The molecule has 0 aromatic heterocycles. The van der Waals surface area contributed by atoms with Crippen molar-refractivity contribution < 1.29 is 43.2 Å². The standard InChI is InChI=1S/C27H32N4O9S/c1-30(2)16-11-12(7-6-8-29-41(5,39)40)21(32)18-14(16)9-13-10-15-20(31(3)4)23(34)19(26(28)37)25(36)27(15,38)24(35)17(13)22(18)33/h11,13,15,20,29,32-33,36,38H,8-10H2,1-5H3,(H2,28,37). The van der Waals surface area contributed by atoms with Crippen LogP contribution in [0.15, 0.2) is 23.0 Å². The van der Waals surface area contributed by atoms with Gasteiger partial charge in [0.1, 0.15) is 22.8 Å². The van der Waals surface area contributed by atoms with Gasteiger partial charge in [-0.2, -0.15) is 0 Å². The maximum absolute atomic E-state index is 14.0. The smallest absolute Gasteiger partial charge is 0.255 e. The first-order chi connectivity index (χ1) is 18.9. The lowest BCUT2D eigenvalue weighted by atomic mass is 9.57. The number of rotatable bonds is 5. The number of aliphatic hydroxyl groups is 3. The van der Waals surface area contributed by atoms with Crippen molar-refractivity contribution in [2.45, 2.75) is 24.5 Å². The summed E-state index contributed by atoms with van der Waals surface area (Å²) < 4.78 is 24.9. The van der Waals surface area contributed by atoms with Crippen LogP contribution in [0.5, 0.6) is 5.75 Å².